The zero-order valence-corrected chi connectivity index (χ0v) is 9.73. The molecule has 0 saturated carbocycles. The van der Waals surface area contributed by atoms with E-state index in [1.54, 1.807) is 7.05 Å². The highest BCUT2D eigenvalue weighted by molar-refractivity contribution is 5.84. The minimum absolute atomic E-state index is 0.257. The van der Waals surface area contributed by atoms with Crippen molar-refractivity contribution in [3.05, 3.63) is 41.7 Å². The summed E-state index contributed by atoms with van der Waals surface area (Å²) < 4.78 is 38.6. The van der Waals surface area contributed by atoms with Crippen molar-refractivity contribution >= 4 is 5.97 Å². The molecule has 0 radical (unpaired) electrons. The van der Waals surface area contributed by atoms with Crippen LogP contribution in [0.3, 0.4) is 0 Å². The van der Waals surface area contributed by atoms with Crippen molar-refractivity contribution in [2.45, 2.75) is 6.18 Å². The maximum Gasteiger partial charge on any atom is 0.416 e. The molecule has 19 heavy (non-hydrogen) atoms. The number of hydrogen-bond acceptors (Lipinski definition) is 3. The fourth-order valence-electron chi connectivity index (χ4n) is 1.64. The van der Waals surface area contributed by atoms with Gasteiger partial charge in [-0.1, -0.05) is 12.1 Å². The summed E-state index contributed by atoms with van der Waals surface area (Å²) in [7, 11) is 1.55. The van der Waals surface area contributed by atoms with Crippen LogP contribution in [0.2, 0.25) is 0 Å². The number of alkyl halides is 3. The lowest BCUT2D eigenvalue weighted by Crippen LogP contribution is -2.22. The fraction of sp³-hybridized carbons (Fsp3) is 0.167. The third kappa shape index (κ3) is 2.59. The summed E-state index contributed by atoms with van der Waals surface area (Å²) in [6.45, 7) is 0. The third-order valence-corrected chi connectivity index (χ3v) is 2.56. The number of rotatable bonds is 2. The number of carboxylic acids is 1. The van der Waals surface area contributed by atoms with E-state index in [0.29, 0.717) is 5.56 Å². The molecule has 0 N–H and O–H groups in total. The maximum atomic E-state index is 12.4. The van der Waals surface area contributed by atoms with Gasteiger partial charge in [0.05, 0.1) is 11.5 Å². The molecule has 2 rings (SSSR count). The maximum absolute atomic E-state index is 12.4. The lowest BCUT2D eigenvalue weighted by molar-refractivity contribution is -0.255. The molecule has 100 valence electrons. The van der Waals surface area contributed by atoms with E-state index in [-0.39, 0.29) is 11.5 Å². The average Bonchev–Trinajstić information content (AvgIpc) is 2.70. The van der Waals surface area contributed by atoms with Gasteiger partial charge in [0.1, 0.15) is 11.5 Å². The van der Waals surface area contributed by atoms with E-state index in [1.807, 2.05) is 0 Å². The smallest absolute Gasteiger partial charge is 0.416 e. The summed E-state index contributed by atoms with van der Waals surface area (Å²) in [5, 5.41) is 10.6. The van der Waals surface area contributed by atoms with E-state index >= 15 is 0 Å². The van der Waals surface area contributed by atoms with Crippen LogP contribution in [0.15, 0.2) is 30.5 Å². The first kappa shape index (κ1) is 13.1. The summed E-state index contributed by atoms with van der Waals surface area (Å²) in [6.07, 6.45) is -3.17. The number of carboxylic acid groups (broad SMARTS) is 1. The van der Waals surface area contributed by atoms with Crippen LogP contribution in [0.5, 0.6) is 0 Å². The molecule has 7 heteroatoms. The average molecular weight is 269 g/mol. The molecule has 2 aromatic rings. The molecule has 0 aliphatic heterocycles. The van der Waals surface area contributed by atoms with Crippen LogP contribution in [0, 0.1) is 0 Å². The number of benzene rings is 1. The van der Waals surface area contributed by atoms with Crippen molar-refractivity contribution < 1.29 is 23.1 Å². The van der Waals surface area contributed by atoms with Crippen LogP contribution < -0.4 is 5.11 Å². The number of halogens is 3. The summed E-state index contributed by atoms with van der Waals surface area (Å²) in [5.41, 5.74) is -0.647. The molecule has 0 unspecified atom stereocenters. The third-order valence-electron chi connectivity index (χ3n) is 2.56. The Labute approximate surface area is 106 Å². The SMILES string of the molecule is Cn1cc(C(=O)[O-])nc1-c1ccc(C(F)(F)F)cc1. The van der Waals surface area contributed by atoms with Crippen LogP contribution in [0.4, 0.5) is 13.2 Å². The Kier molecular flexibility index (Phi) is 3.05. The second-order valence-corrected chi connectivity index (χ2v) is 3.92. The molecule has 0 amide bonds. The molecule has 0 aliphatic rings. The van der Waals surface area contributed by atoms with Gasteiger partial charge in [0, 0.05) is 18.8 Å². The van der Waals surface area contributed by atoms with Crippen LogP contribution in [0.1, 0.15) is 16.1 Å². The first-order valence-corrected chi connectivity index (χ1v) is 5.21. The van der Waals surface area contributed by atoms with E-state index < -0.39 is 17.7 Å². The quantitative estimate of drug-likeness (QED) is 0.829. The van der Waals surface area contributed by atoms with E-state index in [1.165, 1.54) is 22.9 Å². The molecular weight excluding hydrogens is 261 g/mol. The van der Waals surface area contributed by atoms with Gasteiger partial charge < -0.3 is 14.5 Å². The predicted octanol–water partition coefficient (Wildman–Crippen LogP) is 1.47. The van der Waals surface area contributed by atoms with E-state index in [4.69, 9.17) is 0 Å². The number of carbonyl (C=O) groups excluding carboxylic acids is 1. The van der Waals surface area contributed by atoms with Gasteiger partial charge in [-0.05, 0) is 12.1 Å². The zero-order chi connectivity index (χ0) is 14.2. The number of aromatic carboxylic acids is 1. The predicted molar refractivity (Wildman–Crippen MR) is 58.0 cm³/mol. The molecule has 0 spiro atoms. The fourth-order valence-corrected chi connectivity index (χ4v) is 1.64. The molecule has 4 nitrogen and oxygen atoms in total. The molecule has 0 atom stereocenters. The van der Waals surface area contributed by atoms with Gasteiger partial charge in [0.25, 0.3) is 0 Å². The molecule has 0 fully saturated rings. The highest BCUT2D eigenvalue weighted by Crippen LogP contribution is 2.30. The Balaban J connectivity index is 2.40. The molecule has 0 saturated heterocycles. The van der Waals surface area contributed by atoms with Gasteiger partial charge in [0.2, 0.25) is 0 Å². The first-order valence-electron chi connectivity index (χ1n) is 5.21. The van der Waals surface area contributed by atoms with Gasteiger partial charge in [0.15, 0.2) is 0 Å². The Morgan fingerprint density at radius 3 is 2.26 bits per heavy atom. The molecule has 1 aromatic carbocycles. The number of aryl methyl sites for hydroxylation is 1. The van der Waals surface area contributed by atoms with Gasteiger partial charge >= 0.3 is 6.18 Å². The number of nitrogens with zero attached hydrogens (tertiary/aromatic N) is 2. The lowest BCUT2D eigenvalue weighted by atomic mass is 10.1. The Bertz CT molecular complexity index is 615. The highest BCUT2D eigenvalue weighted by Gasteiger charge is 2.30. The van der Waals surface area contributed by atoms with Crippen molar-refractivity contribution in [3.8, 4) is 11.4 Å². The van der Waals surface area contributed by atoms with Gasteiger partial charge in [-0.2, -0.15) is 13.2 Å². The minimum atomic E-state index is -4.41. The van der Waals surface area contributed by atoms with Crippen molar-refractivity contribution in [1.82, 2.24) is 9.55 Å². The molecule has 1 aromatic heterocycles. The summed E-state index contributed by atoms with van der Waals surface area (Å²) in [6, 6.07) is 4.32. The van der Waals surface area contributed by atoms with Crippen molar-refractivity contribution in [1.29, 1.82) is 0 Å². The Morgan fingerprint density at radius 2 is 1.84 bits per heavy atom. The molecule has 0 aliphatic carbocycles. The largest absolute Gasteiger partial charge is 0.543 e. The number of carbonyl (C=O) groups is 1. The highest BCUT2D eigenvalue weighted by atomic mass is 19.4. The van der Waals surface area contributed by atoms with Crippen LogP contribution in [0.25, 0.3) is 11.4 Å². The van der Waals surface area contributed by atoms with Crippen LogP contribution in [-0.4, -0.2) is 15.5 Å². The Morgan fingerprint density at radius 1 is 1.26 bits per heavy atom. The summed E-state index contributed by atoms with van der Waals surface area (Å²) >= 11 is 0. The molecule has 1 heterocycles. The van der Waals surface area contributed by atoms with Crippen molar-refractivity contribution in [2.75, 3.05) is 0 Å². The number of hydrogen-bond donors (Lipinski definition) is 0. The molecule has 0 bridgehead atoms. The standard InChI is InChI=1S/C12H9F3N2O2/c1-17-6-9(11(18)19)16-10(17)7-2-4-8(5-3-7)12(13,14)15/h2-6H,1H3,(H,18,19)/p-1. The second-order valence-electron chi connectivity index (χ2n) is 3.92. The summed E-state index contributed by atoms with van der Waals surface area (Å²) in [4.78, 5) is 14.4. The first-order chi connectivity index (χ1) is 8.79. The van der Waals surface area contributed by atoms with Crippen LogP contribution >= 0.6 is 0 Å². The molecular formula is C12H8F3N2O2-. The minimum Gasteiger partial charge on any atom is -0.543 e. The van der Waals surface area contributed by atoms with Crippen molar-refractivity contribution in [2.24, 2.45) is 7.05 Å². The Hall–Kier alpha value is -2.31. The van der Waals surface area contributed by atoms with Gasteiger partial charge in [-0.25, -0.2) is 4.98 Å². The second kappa shape index (κ2) is 4.42. The van der Waals surface area contributed by atoms with E-state index in [2.05, 4.69) is 4.98 Å². The van der Waals surface area contributed by atoms with E-state index in [0.717, 1.165) is 12.1 Å². The van der Waals surface area contributed by atoms with E-state index in [9.17, 15) is 23.1 Å². The zero-order valence-electron chi connectivity index (χ0n) is 9.73. The van der Waals surface area contributed by atoms with Gasteiger partial charge in [-0.3, -0.25) is 0 Å². The van der Waals surface area contributed by atoms with Crippen molar-refractivity contribution in [3.63, 3.8) is 0 Å². The van der Waals surface area contributed by atoms with Gasteiger partial charge in [-0.15, -0.1) is 0 Å². The number of aromatic nitrogens is 2. The normalized spacial score (nSPS) is 11.6. The lowest BCUT2D eigenvalue weighted by Gasteiger charge is -2.07. The monoisotopic (exact) mass is 269 g/mol. The topological polar surface area (TPSA) is 58.0 Å². The summed E-state index contributed by atoms with van der Waals surface area (Å²) in [5.74, 6) is -1.18. The number of imidazole rings is 1. The van der Waals surface area contributed by atoms with Crippen LogP contribution in [-0.2, 0) is 13.2 Å².